The van der Waals surface area contributed by atoms with Crippen molar-refractivity contribution >= 4 is 16.9 Å². The molecule has 0 bridgehead atoms. The Labute approximate surface area is 212 Å². The van der Waals surface area contributed by atoms with Crippen LogP contribution in [-0.4, -0.2) is 28.6 Å². The van der Waals surface area contributed by atoms with Gasteiger partial charge in [-0.05, 0) is 60.2 Å². The summed E-state index contributed by atoms with van der Waals surface area (Å²) in [6, 6.07) is 22.4. The first-order valence-corrected chi connectivity index (χ1v) is 12.5. The summed E-state index contributed by atoms with van der Waals surface area (Å²) < 4.78 is 22.0. The number of fused-ring (bicyclic) bond motifs is 1. The largest absolute Gasteiger partial charge is 0.494 e. The van der Waals surface area contributed by atoms with Gasteiger partial charge < -0.3 is 14.6 Å². The van der Waals surface area contributed by atoms with Gasteiger partial charge in [-0.15, -0.1) is 0 Å². The van der Waals surface area contributed by atoms with E-state index in [9.17, 15) is 9.18 Å². The lowest BCUT2D eigenvalue weighted by molar-refractivity contribution is 0.0949. The summed E-state index contributed by atoms with van der Waals surface area (Å²) in [7, 11) is 0. The average molecular weight is 488 g/mol. The molecule has 1 amide bonds. The molecule has 0 unspecified atom stereocenters. The van der Waals surface area contributed by atoms with Crippen LogP contribution in [0.15, 0.2) is 72.8 Å². The number of hydrogen-bond donors (Lipinski definition) is 1. The summed E-state index contributed by atoms with van der Waals surface area (Å²) in [5.41, 5.74) is 3.53. The van der Waals surface area contributed by atoms with Gasteiger partial charge in [-0.25, -0.2) is 9.37 Å². The highest BCUT2D eigenvalue weighted by atomic mass is 19.1. The minimum Gasteiger partial charge on any atom is -0.494 e. The van der Waals surface area contributed by atoms with E-state index in [0.717, 1.165) is 35.6 Å². The number of aromatic nitrogens is 2. The Morgan fingerprint density at radius 3 is 2.44 bits per heavy atom. The van der Waals surface area contributed by atoms with Gasteiger partial charge in [0.1, 0.15) is 17.4 Å². The molecule has 188 valence electrons. The van der Waals surface area contributed by atoms with Crippen LogP contribution in [0, 0.1) is 5.82 Å². The standard InChI is InChI=1S/C30H34FN3O2/c1-30(2,3)22-15-17-23(18-16-22)36-21-9-20-34-27-13-7-6-12-26(27)33-28(34)14-8-19-32-29(35)24-10-4-5-11-25(24)31/h4-7,10-13,15-18H,8-9,14,19-21H2,1-3H3,(H,32,35). The summed E-state index contributed by atoms with van der Waals surface area (Å²) in [4.78, 5) is 17.1. The molecule has 4 aromatic rings. The molecule has 1 heterocycles. The topological polar surface area (TPSA) is 56.1 Å². The Morgan fingerprint density at radius 2 is 1.69 bits per heavy atom. The fourth-order valence-electron chi connectivity index (χ4n) is 4.22. The third-order valence-corrected chi connectivity index (χ3v) is 6.23. The third-order valence-electron chi connectivity index (χ3n) is 6.23. The van der Waals surface area contributed by atoms with Gasteiger partial charge in [0.05, 0.1) is 23.2 Å². The molecule has 36 heavy (non-hydrogen) atoms. The Balaban J connectivity index is 1.32. The van der Waals surface area contributed by atoms with Crippen molar-refractivity contribution in [3.8, 4) is 5.75 Å². The molecule has 0 spiro atoms. The highest BCUT2D eigenvalue weighted by Crippen LogP contribution is 2.24. The molecule has 0 aliphatic carbocycles. The molecule has 1 aromatic heterocycles. The van der Waals surface area contributed by atoms with Crippen LogP contribution in [0.5, 0.6) is 5.75 Å². The highest BCUT2D eigenvalue weighted by molar-refractivity contribution is 5.94. The summed E-state index contributed by atoms with van der Waals surface area (Å²) in [6.07, 6.45) is 2.26. The zero-order chi connectivity index (χ0) is 25.5. The number of aryl methyl sites for hydroxylation is 2. The minimum absolute atomic E-state index is 0.0674. The lowest BCUT2D eigenvalue weighted by Gasteiger charge is -2.19. The normalized spacial score (nSPS) is 11.6. The van der Waals surface area contributed by atoms with Crippen LogP contribution in [0.25, 0.3) is 11.0 Å². The molecular weight excluding hydrogens is 453 g/mol. The number of hydrogen-bond acceptors (Lipinski definition) is 3. The SMILES string of the molecule is CC(C)(C)c1ccc(OCCCn2c(CCCNC(=O)c3ccccc3F)nc3ccccc32)cc1. The molecule has 1 N–H and O–H groups in total. The maximum atomic E-state index is 13.8. The van der Waals surface area contributed by atoms with Gasteiger partial charge in [0.25, 0.3) is 5.91 Å². The maximum Gasteiger partial charge on any atom is 0.254 e. The van der Waals surface area contributed by atoms with Crippen LogP contribution in [-0.2, 0) is 18.4 Å². The lowest BCUT2D eigenvalue weighted by atomic mass is 9.87. The second-order valence-corrected chi connectivity index (χ2v) is 9.98. The Morgan fingerprint density at radius 1 is 0.972 bits per heavy atom. The lowest BCUT2D eigenvalue weighted by Crippen LogP contribution is -2.25. The molecule has 0 fully saturated rings. The van der Waals surface area contributed by atoms with E-state index in [1.165, 1.54) is 17.7 Å². The fraction of sp³-hybridized carbons (Fsp3) is 0.333. The second-order valence-electron chi connectivity index (χ2n) is 9.98. The van der Waals surface area contributed by atoms with Crippen molar-refractivity contribution < 1.29 is 13.9 Å². The number of amides is 1. The Bertz CT molecular complexity index is 1310. The highest BCUT2D eigenvalue weighted by Gasteiger charge is 2.14. The van der Waals surface area contributed by atoms with Gasteiger partial charge in [0.2, 0.25) is 0 Å². The second kappa shape index (κ2) is 11.4. The molecule has 0 aliphatic heterocycles. The monoisotopic (exact) mass is 487 g/mol. The predicted octanol–water partition coefficient (Wildman–Crippen LogP) is 6.30. The average Bonchev–Trinajstić information content (AvgIpc) is 3.21. The number of nitrogens with one attached hydrogen (secondary N) is 1. The molecule has 0 aliphatic rings. The number of halogens is 1. The smallest absolute Gasteiger partial charge is 0.254 e. The predicted molar refractivity (Wildman–Crippen MR) is 142 cm³/mol. The molecular formula is C30H34FN3O2. The molecule has 0 saturated heterocycles. The fourth-order valence-corrected chi connectivity index (χ4v) is 4.22. The van der Waals surface area contributed by atoms with Crippen molar-refractivity contribution in [2.24, 2.45) is 0 Å². The molecule has 0 saturated carbocycles. The minimum atomic E-state index is -0.510. The molecule has 0 atom stereocenters. The van der Waals surface area contributed by atoms with Gasteiger partial charge in [-0.2, -0.15) is 0 Å². The van der Waals surface area contributed by atoms with Crippen LogP contribution < -0.4 is 10.1 Å². The number of imidazole rings is 1. The van der Waals surface area contributed by atoms with Crippen molar-refractivity contribution in [1.29, 1.82) is 0 Å². The molecule has 0 radical (unpaired) electrons. The Hall–Kier alpha value is -3.67. The van der Waals surface area contributed by atoms with E-state index in [0.29, 0.717) is 26.0 Å². The zero-order valence-corrected chi connectivity index (χ0v) is 21.3. The van der Waals surface area contributed by atoms with E-state index >= 15 is 0 Å². The first-order chi connectivity index (χ1) is 17.3. The molecule has 6 heteroatoms. The van der Waals surface area contributed by atoms with Crippen LogP contribution in [0.4, 0.5) is 4.39 Å². The van der Waals surface area contributed by atoms with Crippen LogP contribution >= 0.6 is 0 Å². The van der Waals surface area contributed by atoms with Gasteiger partial charge in [-0.1, -0.05) is 57.2 Å². The van der Waals surface area contributed by atoms with Crippen molar-refractivity contribution in [3.05, 3.63) is 95.6 Å². The maximum absolute atomic E-state index is 13.8. The van der Waals surface area contributed by atoms with Crippen LogP contribution in [0.1, 0.15) is 55.4 Å². The number of nitrogens with zero attached hydrogens (tertiary/aromatic N) is 2. The number of carbonyl (C=O) groups excluding carboxylic acids is 1. The zero-order valence-electron chi connectivity index (χ0n) is 21.3. The summed E-state index contributed by atoms with van der Waals surface area (Å²) in [6.45, 7) is 8.45. The van der Waals surface area contributed by atoms with E-state index in [1.54, 1.807) is 12.1 Å². The number of para-hydroxylation sites is 2. The van der Waals surface area contributed by atoms with E-state index in [2.05, 4.69) is 48.9 Å². The van der Waals surface area contributed by atoms with Gasteiger partial charge in [0.15, 0.2) is 0 Å². The van der Waals surface area contributed by atoms with Crippen LogP contribution in [0.2, 0.25) is 0 Å². The first kappa shape index (κ1) is 25.4. The van der Waals surface area contributed by atoms with Gasteiger partial charge in [-0.3, -0.25) is 4.79 Å². The van der Waals surface area contributed by atoms with Gasteiger partial charge >= 0.3 is 0 Å². The van der Waals surface area contributed by atoms with Gasteiger partial charge in [0, 0.05) is 19.5 Å². The summed E-state index contributed by atoms with van der Waals surface area (Å²) in [5, 5.41) is 2.81. The number of benzene rings is 3. The van der Waals surface area contributed by atoms with Crippen molar-refractivity contribution in [1.82, 2.24) is 14.9 Å². The van der Waals surface area contributed by atoms with Crippen LogP contribution in [0.3, 0.4) is 0 Å². The molecule has 3 aromatic carbocycles. The van der Waals surface area contributed by atoms with E-state index in [1.807, 2.05) is 30.3 Å². The summed E-state index contributed by atoms with van der Waals surface area (Å²) in [5.74, 6) is 0.952. The van der Waals surface area contributed by atoms with E-state index in [-0.39, 0.29) is 11.0 Å². The van der Waals surface area contributed by atoms with Crippen molar-refractivity contribution in [3.63, 3.8) is 0 Å². The Kier molecular flexibility index (Phi) is 8.04. The third kappa shape index (κ3) is 6.30. The quantitative estimate of drug-likeness (QED) is 0.267. The summed E-state index contributed by atoms with van der Waals surface area (Å²) >= 11 is 0. The molecule has 4 rings (SSSR count). The number of carbonyl (C=O) groups is 1. The van der Waals surface area contributed by atoms with Crippen molar-refractivity contribution in [2.75, 3.05) is 13.2 Å². The molecule has 5 nitrogen and oxygen atoms in total. The van der Waals surface area contributed by atoms with E-state index in [4.69, 9.17) is 9.72 Å². The van der Waals surface area contributed by atoms with Crippen molar-refractivity contribution in [2.45, 2.75) is 52.0 Å². The number of ether oxygens (including phenoxy) is 1. The van der Waals surface area contributed by atoms with E-state index < -0.39 is 11.7 Å². The number of rotatable bonds is 10. The first-order valence-electron chi connectivity index (χ1n) is 12.5.